The van der Waals surface area contributed by atoms with Crippen LogP contribution in [0.4, 0.5) is 0 Å². The molecular formula is C14H20O3. The number of hydrogen-bond acceptors (Lipinski definition) is 3. The molecule has 0 saturated carbocycles. The predicted octanol–water partition coefficient (Wildman–Crippen LogP) is 2.11. The average molecular weight is 236 g/mol. The highest BCUT2D eigenvalue weighted by Gasteiger charge is 2.04. The summed E-state index contributed by atoms with van der Waals surface area (Å²) in [6.07, 6.45) is 2.78. The summed E-state index contributed by atoms with van der Waals surface area (Å²) in [5.74, 6) is -0.132. The van der Waals surface area contributed by atoms with E-state index in [1.54, 1.807) is 0 Å². The van der Waals surface area contributed by atoms with E-state index in [9.17, 15) is 4.79 Å². The second kappa shape index (κ2) is 7.85. The first kappa shape index (κ1) is 13.7. The van der Waals surface area contributed by atoms with E-state index >= 15 is 0 Å². The van der Waals surface area contributed by atoms with E-state index in [1.165, 1.54) is 11.1 Å². The molecule has 1 aromatic rings. The first-order chi connectivity index (χ1) is 8.27. The Labute approximate surface area is 102 Å². The van der Waals surface area contributed by atoms with E-state index in [4.69, 9.17) is 9.84 Å². The van der Waals surface area contributed by atoms with Crippen molar-refractivity contribution in [1.82, 2.24) is 0 Å². The van der Waals surface area contributed by atoms with Gasteiger partial charge in [0, 0.05) is 13.0 Å². The van der Waals surface area contributed by atoms with Gasteiger partial charge in [0.1, 0.15) is 0 Å². The van der Waals surface area contributed by atoms with Gasteiger partial charge in [0.25, 0.3) is 0 Å². The molecule has 1 aromatic carbocycles. The predicted molar refractivity (Wildman–Crippen MR) is 66.8 cm³/mol. The van der Waals surface area contributed by atoms with Crippen molar-refractivity contribution in [1.29, 1.82) is 0 Å². The summed E-state index contributed by atoms with van der Waals surface area (Å²) >= 11 is 0. The first-order valence-electron chi connectivity index (χ1n) is 6.11. The molecular weight excluding hydrogens is 216 g/mol. The minimum atomic E-state index is -0.132. The lowest BCUT2D eigenvalue weighted by atomic mass is 10.00. The van der Waals surface area contributed by atoms with Gasteiger partial charge in [-0.3, -0.25) is 4.79 Å². The minimum absolute atomic E-state index is 0.132. The highest BCUT2D eigenvalue weighted by atomic mass is 16.5. The molecule has 0 aliphatic heterocycles. The number of carbonyl (C=O) groups excluding carboxylic acids is 1. The molecule has 0 atom stereocenters. The van der Waals surface area contributed by atoms with E-state index in [1.807, 2.05) is 25.1 Å². The summed E-state index contributed by atoms with van der Waals surface area (Å²) in [6.45, 7) is 2.42. The van der Waals surface area contributed by atoms with Crippen molar-refractivity contribution in [3.8, 4) is 0 Å². The van der Waals surface area contributed by atoms with Gasteiger partial charge in [-0.25, -0.2) is 0 Å². The second-order valence-corrected chi connectivity index (χ2v) is 3.90. The van der Waals surface area contributed by atoms with Gasteiger partial charge < -0.3 is 9.84 Å². The Morgan fingerprint density at radius 1 is 1.24 bits per heavy atom. The Kier molecular flexibility index (Phi) is 6.33. The largest absolute Gasteiger partial charge is 0.466 e. The fourth-order valence-corrected chi connectivity index (χ4v) is 1.82. The molecule has 0 heterocycles. The van der Waals surface area contributed by atoms with Crippen molar-refractivity contribution < 1.29 is 14.6 Å². The highest BCUT2D eigenvalue weighted by molar-refractivity contribution is 5.69. The lowest BCUT2D eigenvalue weighted by Crippen LogP contribution is -2.05. The Balaban J connectivity index is 2.43. The quantitative estimate of drug-likeness (QED) is 0.737. The molecule has 0 saturated heterocycles. The number of benzene rings is 1. The maximum Gasteiger partial charge on any atom is 0.305 e. The monoisotopic (exact) mass is 236 g/mol. The summed E-state index contributed by atoms with van der Waals surface area (Å²) in [6, 6.07) is 8.03. The van der Waals surface area contributed by atoms with E-state index in [0.29, 0.717) is 19.4 Å². The van der Waals surface area contributed by atoms with E-state index in [0.717, 1.165) is 12.8 Å². The molecule has 0 aliphatic carbocycles. The molecule has 0 aliphatic rings. The molecule has 0 bridgehead atoms. The van der Waals surface area contributed by atoms with E-state index in [-0.39, 0.29) is 12.6 Å². The number of aliphatic hydroxyl groups excluding tert-OH is 1. The smallest absolute Gasteiger partial charge is 0.305 e. The summed E-state index contributed by atoms with van der Waals surface area (Å²) in [7, 11) is 0. The van der Waals surface area contributed by atoms with Crippen molar-refractivity contribution in [2.75, 3.05) is 13.2 Å². The van der Waals surface area contributed by atoms with Crippen LogP contribution in [0.1, 0.15) is 30.9 Å². The highest BCUT2D eigenvalue weighted by Crippen LogP contribution is 2.12. The minimum Gasteiger partial charge on any atom is -0.466 e. The van der Waals surface area contributed by atoms with Gasteiger partial charge in [0.15, 0.2) is 0 Å². The first-order valence-corrected chi connectivity index (χ1v) is 6.11. The summed E-state index contributed by atoms with van der Waals surface area (Å²) < 4.78 is 4.88. The van der Waals surface area contributed by atoms with Crippen LogP contribution in [-0.2, 0) is 22.4 Å². The lowest BCUT2D eigenvalue weighted by molar-refractivity contribution is -0.143. The molecule has 0 aromatic heterocycles. The summed E-state index contributed by atoms with van der Waals surface area (Å²) in [4.78, 5) is 11.2. The van der Waals surface area contributed by atoms with Crippen molar-refractivity contribution in [3.63, 3.8) is 0 Å². The second-order valence-electron chi connectivity index (χ2n) is 3.90. The third kappa shape index (κ3) is 5.00. The van der Waals surface area contributed by atoms with Crippen LogP contribution in [0.3, 0.4) is 0 Å². The fourth-order valence-electron chi connectivity index (χ4n) is 1.82. The van der Waals surface area contributed by atoms with Crippen LogP contribution in [0.5, 0.6) is 0 Å². The van der Waals surface area contributed by atoms with Crippen molar-refractivity contribution >= 4 is 5.97 Å². The van der Waals surface area contributed by atoms with E-state index in [2.05, 4.69) is 6.07 Å². The van der Waals surface area contributed by atoms with Crippen LogP contribution in [0, 0.1) is 0 Å². The van der Waals surface area contributed by atoms with Gasteiger partial charge >= 0.3 is 5.97 Å². The van der Waals surface area contributed by atoms with Crippen LogP contribution in [0.15, 0.2) is 24.3 Å². The van der Waals surface area contributed by atoms with Crippen LogP contribution < -0.4 is 0 Å². The number of ether oxygens (including phenoxy) is 1. The van der Waals surface area contributed by atoms with Gasteiger partial charge in [-0.15, -0.1) is 0 Å². The molecule has 94 valence electrons. The number of esters is 1. The normalized spacial score (nSPS) is 10.2. The van der Waals surface area contributed by atoms with Crippen LogP contribution in [-0.4, -0.2) is 24.3 Å². The Morgan fingerprint density at radius 2 is 1.88 bits per heavy atom. The van der Waals surface area contributed by atoms with Gasteiger partial charge in [0.2, 0.25) is 0 Å². The number of carbonyl (C=O) groups is 1. The van der Waals surface area contributed by atoms with Gasteiger partial charge in [-0.2, -0.15) is 0 Å². The zero-order valence-electron chi connectivity index (χ0n) is 10.3. The topological polar surface area (TPSA) is 46.5 Å². The molecule has 0 unspecified atom stereocenters. The summed E-state index contributed by atoms with van der Waals surface area (Å²) in [5, 5.41) is 8.95. The maximum atomic E-state index is 11.2. The third-order valence-corrected chi connectivity index (χ3v) is 2.63. The zero-order valence-corrected chi connectivity index (χ0v) is 10.3. The standard InChI is InChI=1S/C14H20O3/c1-2-17-14(16)9-5-8-12-6-3-4-7-13(12)10-11-15/h3-4,6-7,15H,2,5,8-11H2,1H3. The van der Waals surface area contributed by atoms with Crippen molar-refractivity contribution in [2.45, 2.75) is 32.6 Å². The molecule has 0 amide bonds. The summed E-state index contributed by atoms with van der Waals surface area (Å²) in [5.41, 5.74) is 2.38. The number of rotatable bonds is 7. The number of aliphatic hydroxyl groups is 1. The molecule has 1 N–H and O–H groups in total. The van der Waals surface area contributed by atoms with Gasteiger partial charge in [-0.05, 0) is 37.3 Å². The number of hydrogen-bond donors (Lipinski definition) is 1. The fraction of sp³-hybridized carbons (Fsp3) is 0.500. The Morgan fingerprint density at radius 3 is 2.47 bits per heavy atom. The van der Waals surface area contributed by atoms with Crippen molar-refractivity contribution in [2.24, 2.45) is 0 Å². The zero-order chi connectivity index (χ0) is 12.5. The van der Waals surface area contributed by atoms with Gasteiger partial charge in [0.05, 0.1) is 6.61 Å². The molecule has 17 heavy (non-hydrogen) atoms. The Hall–Kier alpha value is -1.35. The molecule has 3 nitrogen and oxygen atoms in total. The average Bonchev–Trinajstić information content (AvgIpc) is 2.32. The molecule has 0 spiro atoms. The third-order valence-electron chi connectivity index (χ3n) is 2.63. The van der Waals surface area contributed by atoms with Crippen LogP contribution >= 0.6 is 0 Å². The van der Waals surface area contributed by atoms with Gasteiger partial charge in [-0.1, -0.05) is 24.3 Å². The SMILES string of the molecule is CCOC(=O)CCCc1ccccc1CCO. The molecule has 1 rings (SSSR count). The maximum absolute atomic E-state index is 11.2. The Bertz CT molecular complexity index is 347. The number of aryl methyl sites for hydroxylation is 1. The van der Waals surface area contributed by atoms with Crippen LogP contribution in [0.2, 0.25) is 0 Å². The van der Waals surface area contributed by atoms with Crippen molar-refractivity contribution in [3.05, 3.63) is 35.4 Å². The van der Waals surface area contributed by atoms with E-state index < -0.39 is 0 Å². The molecule has 0 fully saturated rings. The van der Waals surface area contributed by atoms with Crippen LogP contribution in [0.25, 0.3) is 0 Å². The molecule has 3 heteroatoms. The molecule has 0 radical (unpaired) electrons. The lowest BCUT2D eigenvalue weighted by Gasteiger charge is -2.08.